The number of ether oxygens (including phenoxy) is 3. The van der Waals surface area contributed by atoms with Gasteiger partial charge in [0.2, 0.25) is 0 Å². The molecule has 0 radical (unpaired) electrons. The second-order valence-electron chi connectivity index (χ2n) is 6.56. The minimum atomic E-state index is -0.344. The van der Waals surface area contributed by atoms with E-state index in [2.05, 4.69) is 6.58 Å². The molecule has 3 aromatic rings. The van der Waals surface area contributed by atoms with Crippen molar-refractivity contribution in [3.63, 3.8) is 0 Å². The Balaban J connectivity index is 1.68. The molecule has 0 aliphatic rings. The van der Waals surface area contributed by atoms with Gasteiger partial charge in [-0.3, -0.25) is 0 Å². The molecule has 30 heavy (non-hydrogen) atoms. The van der Waals surface area contributed by atoms with Gasteiger partial charge in [0.15, 0.2) is 0 Å². The molecule has 0 N–H and O–H groups in total. The van der Waals surface area contributed by atoms with E-state index < -0.39 is 0 Å². The standard InChI is InChI=1S/C26H24O4/c1-4-23-24(28-2)16-21(17-25(23)29-3)11-10-19-12-14-22(15-13-19)26(27)30-18-20-8-6-5-7-9-20/h4-17H,1,18H2,2-3H3/b11-10+. The molecule has 0 spiro atoms. The van der Waals surface area contributed by atoms with Gasteiger partial charge in [0.1, 0.15) is 18.1 Å². The molecule has 0 aliphatic carbocycles. The fraction of sp³-hybridized carbons (Fsp3) is 0.115. The third-order valence-electron chi connectivity index (χ3n) is 4.60. The molecule has 0 unspecified atom stereocenters. The van der Waals surface area contributed by atoms with Gasteiger partial charge in [-0.1, -0.05) is 67.3 Å². The predicted octanol–water partition coefficient (Wildman–Crippen LogP) is 5.87. The fourth-order valence-electron chi connectivity index (χ4n) is 2.99. The van der Waals surface area contributed by atoms with Crippen molar-refractivity contribution in [3.05, 3.63) is 101 Å². The van der Waals surface area contributed by atoms with Crippen molar-refractivity contribution in [2.75, 3.05) is 14.2 Å². The van der Waals surface area contributed by atoms with Gasteiger partial charge in [-0.15, -0.1) is 0 Å². The highest BCUT2D eigenvalue weighted by molar-refractivity contribution is 5.89. The largest absolute Gasteiger partial charge is 0.496 e. The van der Waals surface area contributed by atoms with E-state index >= 15 is 0 Å². The highest BCUT2D eigenvalue weighted by Crippen LogP contribution is 2.32. The van der Waals surface area contributed by atoms with Gasteiger partial charge in [0.05, 0.1) is 25.3 Å². The zero-order chi connectivity index (χ0) is 21.3. The van der Waals surface area contributed by atoms with Crippen LogP contribution in [0.4, 0.5) is 0 Å². The summed E-state index contributed by atoms with van der Waals surface area (Å²) in [5.74, 6) is 1.05. The predicted molar refractivity (Wildman–Crippen MR) is 121 cm³/mol. The Morgan fingerprint density at radius 3 is 2.03 bits per heavy atom. The monoisotopic (exact) mass is 400 g/mol. The van der Waals surface area contributed by atoms with Crippen LogP contribution in [0.2, 0.25) is 0 Å². The molecule has 0 bridgehead atoms. The van der Waals surface area contributed by atoms with Crippen molar-refractivity contribution < 1.29 is 19.0 Å². The lowest BCUT2D eigenvalue weighted by atomic mass is 10.1. The number of carbonyl (C=O) groups excluding carboxylic acids is 1. The molecule has 0 saturated carbocycles. The van der Waals surface area contributed by atoms with Crippen molar-refractivity contribution in [1.82, 2.24) is 0 Å². The SMILES string of the molecule is C=Cc1c(OC)cc(/C=C/c2ccc(C(=O)OCc3ccccc3)cc2)cc1OC. The molecule has 3 aromatic carbocycles. The quantitative estimate of drug-likeness (QED) is 0.350. The average Bonchev–Trinajstić information content (AvgIpc) is 2.81. The molecular formula is C26H24O4. The number of benzene rings is 3. The Morgan fingerprint density at radius 2 is 1.47 bits per heavy atom. The van der Waals surface area contributed by atoms with Gasteiger partial charge in [0, 0.05) is 0 Å². The summed E-state index contributed by atoms with van der Waals surface area (Å²) < 4.78 is 16.2. The van der Waals surface area contributed by atoms with E-state index in [-0.39, 0.29) is 12.6 Å². The summed E-state index contributed by atoms with van der Waals surface area (Å²) >= 11 is 0. The summed E-state index contributed by atoms with van der Waals surface area (Å²) in [6, 6.07) is 20.7. The highest BCUT2D eigenvalue weighted by Gasteiger charge is 2.09. The molecule has 0 fully saturated rings. The molecule has 4 nitrogen and oxygen atoms in total. The fourth-order valence-corrected chi connectivity index (χ4v) is 2.99. The van der Waals surface area contributed by atoms with E-state index in [4.69, 9.17) is 14.2 Å². The van der Waals surface area contributed by atoms with E-state index in [1.165, 1.54) is 0 Å². The number of hydrogen-bond acceptors (Lipinski definition) is 4. The van der Waals surface area contributed by atoms with Gasteiger partial charge >= 0.3 is 5.97 Å². The third kappa shape index (κ3) is 5.17. The first kappa shape index (κ1) is 20.9. The lowest BCUT2D eigenvalue weighted by Crippen LogP contribution is -2.05. The van der Waals surface area contributed by atoms with Crippen molar-refractivity contribution in [3.8, 4) is 11.5 Å². The Morgan fingerprint density at radius 1 is 0.867 bits per heavy atom. The van der Waals surface area contributed by atoms with E-state index in [1.807, 2.05) is 66.7 Å². The number of rotatable bonds is 8. The molecule has 3 rings (SSSR count). The van der Waals surface area contributed by atoms with Crippen LogP contribution in [-0.4, -0.2) is 20.2 Å². The molecule has 0 aliphatic heterocycles. The van der Waals surface area contributed by atoms with Crippen LogP contribution >= 0.6 is 0 Å². The Labute approximate surface area is 177 Å². The average molecular weight is 400 g/mol. The number of hydrogen-bond donors (Lipinski definition) is 0. The molecule has 4 heteroatoms. The van der Waals surface area contributed by atoms with Crippen molar-refractivity contribution in [1.29, 1.82) is 0 Å². The second kappa shape index (κ2) is 10.1. The van der Waals surface area contributed by atoms with E-state index in [0.717, 1.165) is 22.3 Å². The van der Waals surface area contributed by atoms with Crippen LogP contribution < -0.4 is 9.47 Å². The van der Waals surface area contributed by atoms with E-state index in [1.54, 1.807) is 32.4 Å². The van der Waals surface area contributed by atoms with E-state index in [0.29, 0.717) is 17.1 Å². The van der Waals surface area contributed by atoms with Crippen LogP contribution in [0.15, 0.2) is 73.3 Å². The first-order valence-corrected chi connectivity index (χ1v) is 9.52. The van der Waals surface area contributed by atoms with E-state index in [9.17, 15) is 4.79 Å². The topological polar surface area (TPSA) is 44.8 Å². The summed E-state index contributed by atoms with van der Waals surface area (Å²) in [6.45, 7) is 4.06. The Kier molecular flexibility index (Phi) is 7.06. The van der Waals surface area contributed by atoms with Gasteiger partial charge in [-0.25, -0.2) is 4.79 Å². The molecule has 0 heterocycles. The second-order valence-corrected chi connectivity index (χ2v) is 6.56. The maximum absolute atomic E-state index is 12.2. The molecule has 0 saturated heterocycles. The Bertz CT molecular complexity index is 1010. The summed E-state index contributed by atoms with van der Waals surface area (Å²) in [5.41, 5.74) is 4.18. The lowest BCUT2D eigenvalue weighted by Gasteiger charge is -2.11. The molecule has 0 atom stereocenters. The maximum Gasteiger partial charge on any atom is 0.338 e. The summed E-state index contributed by atoms with van der Waals surface area (Å²) in [5, 5.41) is 0. The first-order chi connectivity index (χ1) is 14.6. The maximum atomic E-state index is 12.2. The van der Waals surface area contributed by atoms with Gasteiger partial charge < -0.3 is 14.2 Å². The van der Waals surface area contributed by atoms with Crippen molar-refractivity contribution >= 4 is 24.2 Å². The lowest BCUT2D eigenvalue weighted by molar-refractivity contribution is 0.0472. The van der Waals surface area contributed by atoms with Crippen molar-refractivity contribution in [2.45, 2.75) is 6.61 Å². The van der Waals surface area contributed by atoms with Gasteiger partial charge in [-0.2, -0.15) is 0 Å². The Hall–Kier alpha value is -3.79. The van der Waals surface area contributed by atoms with Crippen LogP contribution in [0.5, 0.6) is 11.5 Å². The van der Waals surface area contributed by atoms with Gasteiger partial charge in [-0.05, 0) is 41.0 Å². The van der Waals surface area contributed by atoms with Crippen LogP contribution in [0.3, 0.4) is 0 Å². The zero-order valence-corrected chi connectivity index (χ0v) is 17.1. The van der Waals surface area contributed by atoms with Crippen LogP contribution in [0.25, 0.3) is 18.2 Å². The van der Waals surface area contributed by atoms with Crippen molar-refractivity contribution in [2.24, 2.45) is 0 Å². The molecule has 0 amide bonds. The summed E-state index contributed by atoms with van der Waals surface area (Å²) in [4.78, 5) is 12.2. The summed E-state index contributed by atoms with van der Waals surface area (Å²) in [7, 11) is 3.23. The van der Waals surface area contributed by atoms with Crippen LogP contribution in [0.1, 0.15) is 32.6 Å². The number of esters is 1. The smallest absolute Gasteiger partial charge is 0.338 e. The zero-order valence-electron chi connectivity index (χ0n) is 17.1. The molecule has 152 valence electrons. The minimum Gasteiger partial charge on any atom is -0.496 e. The molecular weight excluding hydrogens is 376 g/mol. The summed E-state index contributed by atoms with van der Waals surface area (Å²) in [6.07, 6.45) is 5.63. The van der Waals surface area contributed by atoms with Crippen LogP contribution in [-0.2, 0) is 11.3 Å². The number of methoxy groups -OCH3 is 2. The molecule has 0 aromatic heterocycles. The minimum absolute atomic E-state index is 0.256. The van der Waals surface area contributed by atoms with Gasteiger partial charge in [0.25, 0.3) is 0 Å². The highest BCUT2D eigenvalue weighted by atomic mass is 16.5. The third-order valence-corrected chi connectivity index (χ3v) is 4.60. The number of carbonyl (C=O) groups is 1. The van der Waals surface area contributed by atoms with Crippen LogP contribution in [0, 0.1) is 0 Å². The normalized spacial score (nSPS) is 10.6. The first-order valence-electron chi connectivity index (χ1n) is 9.52.